The fourth-order valence-corrected chi connectivity index (χ4v) is 2.35. The highest BCUT2D eigenvalue weighted by Gasteiger charge is 2.13. The first-order valence-corrected chi connectivity index (χ1v) is 8.49. The van der Waals surface area contributed by atoms with Crippen LogP contribution in [0.15, 0.2) is 30.8 Å². The van der Waals surface area contributed by atoms with Crippen LogP contribution in [0.5, 0.6) is 0 Å². The Labute approximate surface area is 91.9 Å². The van der Waals surface area contributed by atoms with Crippen LogP contribution in [0.1, 0.15) is 5.56 Å². The van der Waals surface area contributed by atoms with Gasteiger partial charge in [-0.05, 0) is 17.7 Å². The van der Waals surface area contributed by atoms with Crippen molar-refractivity contribution in [2.75, 3.05) is 0 Å². The topological polar surface area (TPSA) is 12.0 Å². The molecule has 0 amide bonds. The summed E-state index contributed by atoms with van der Waals surface area (Å²) in [7, 11) is -1.30. The van der Waals surface area contributed by atoms with Gasteiger partial charge in [0.15, 0.2) is 0 Å². The molecule has 0 unspecified atom stereocenters. The van der Waals surface area contributed by atoms with Gasteiger partial charge in [0.25, 0.3) is 0 Å². The van der Waals surface area contributed by atoms with E-state index in [-0.39, 0.29) is 0 Å². The smallest absolute Gasteiger partial charge is 0.144 e. The van der Waals surface area contributed by atoms with Crippen LogP contribution in [-0.2, 0) is 0 Å². The summed E-state index contributed by atoms with van der Waals surface area (Å²) in [5.74, 6) is 0. The van der Waals surface area contributed by atoms with Crippen LogP contribution in [0.4, 0.5) is 0 Å². The van der Waals surface area contributed by atoms with Crippen molar-refractivity contribution >= 4 is 25.5 Å². The second-order valence-corrected chi connectivity index (χ2v) is 9.55. The van der Waals surface area contributed by atoms with Gasteiger partial charge in [-0.3, -0.25) is 0 Å². The molecule has 0 aliphatic rings. The molecule has 0 atom stereocenters. The zero-order valence-corrected chi connectivity index (χ0v) is 10.7. The van der Waals surface area contributed by atoms with E-state index in [1.807, 2.05) is 24.3 Å². The SMILES string of the molecule is C=C(N[Si](C)(C)C)c1ccc(Cl)cc1. The standard InChI is InChI=1S/C11H16ClNSi/c1-9(13-14(2,3)4)10-5-7-11(12)8-6-10/h5-8,13H,1H2,2-4H3. The minimum absolute atomic E-state index is 0.759. The third-order valence-electron chi connectivity index (χ3n) is 1.72. The molecule has 1 aromatic rings. The van der Waals surface area contributed by atoms with Gasteiger partial charge < -0.3 is 4.98 Å². The molecule has 0 aliphatic carbocycles. The first-order valence-electron chi connectivity index (χ1n) is 4.61. The summed E-state index contributed by atoms with van der Waals surface area (Å²) >= 11 is 5.81. The molecular formula is C11H16ClNSi. The van der Waals surface area contributed by atoms with Gasteiger partial charge in [-0.1, -0.05) is 50.0 Å². The Morgan fingerprint density at radius 2 is 1.71 bits per heavy atom. The Balaban J connectivity index is 2.76. The maximum atomic E-state index is 5.81. The summed E-state index contributed by atoms with van der Waals surface area (Å²) in [6.45, 7) is 10.8. The molecule has 3 heteroatoms. The van der Waals surface area contributed by atoms with Gasteiger partial charge in [-0.15, -0.1) is 0 Å². The quantitative estimate of drug-likeness (QED) is 0.773. The second kappa shape index (κ2) is 4.19. The van der Waals surface area contributed by atoms with Crippen LogP contribution in [0.3, 0.4) is 0 Å². The van der Waals surface area contributed by atoms with E-state index in [1.54, 1.807) is 0 Å². The molecule has 1 rings (SSSR count). The zero-order chi connectivity index (χ0) is 10.8. The molecule has 0 saturated carbocycles. The number of halogens is 1. The van der Waals surface area contributed by atoms with E-state index in [1.165, 1.54) is 0 Å². The summed E-state index contributed by atoms with van der Waals surface area (Å²) in [6.07, 6.45) is 0. The molecule has 1 nitrogen and oxygen atoms in total. The third-order valence-corrected chi connectivity index (χ3v) is 3.02. The van der Waals surface area contributed by atoms with Crippen LogP contribution in [0, 0.1) is 0 Å². The van der Waals surface area contributed by atoms with E-state index in [0.717, 1.165) is 16.3 Å². The summed E-state index contributed by atoms with van der Waals surface area (Å²) in [5, 5.41) is 0.759. The molecule has 0 bridgehead atoms. The van der Waals surface area contributed by atoms with Crippen LogP contribution >= 0.6 is 11.6 Å². The largest absolute Gasteiger partial charge is 0.411 e. The molecule has 76 valence electrons. The van der Waals surface area contributed by atoms with Gasteiger partial charge in [0, 0.05) is 10.7 Å². The molecule has 1 N–H and O–H groups in total. The Morgan fingerprint density at radius 3 is 2.14 bits per heavy atom. The molecule has 0 aliphatic heterocycles. The molecule has 0 fully saturated rings. The molecular weight excluding hydrogens is 210 g/mol. The average molecular weight is 226 g/mol. The van der Waals surface area contributed by atoms with E-state index < -0.39 is 8.24 Å². The summed E-state index contributed by atoms with van der Waals surface area (Å²) in [4.78, 5) is 3.46. The van der Waals surface area contributed by atoms with E-state index in [9.17, 15) is 0 Å². The Hall–Kier alpha value is -0.733. The van der Waals surface area contributed by atoms with Crippen molar-refractivity contribution in [3.63, 3.8) is 0 Å². The summed E-state index contributed by atoms with van der Waals surface area (Å²) in [6, 6.07) is 7.73. The minimum Gasteiger partial charge on any atom is -0.411 e. The van der Waals surface area contributed by atoms with Crippen molar-refractivity contribution in [2.24, 2.45) is 0 Å². The highest BCUT2D eigenvalue weighted by molar-refractivity contribution is 6.74. The number of hydrogen-bond donors (Lipinski definition) is 1. The van der Waals surface area contributed by atoms with Crippen LogP contribution < -0.4 is 4.98 Å². The van der Waals surface area contributed by atoms with Crippen molar-refractivity contribution in [1.29, 1.82) is 0 Å². The molecule has 14 heavy (non-hydrogen) atoms. The fraction of sp³-hybridized carbons (Fsp3) is 0.273. The monoisotopic (exact) mass is 225 g/mol. The Morgan fingerprint density at radius 1 is 1.21 bits per heavy atom. The van der Waals surface area contributed by atoms with E-state index in [4.69, 9.17) is 11.6 Å². The van der Waals surface area contributed by atoms with Gasteiger partial charge in [0.2, 0.25) is 0 Å². The molecule has 0 radical (unpaired) electrons. The maximum Gasteiger partial charge on any atom is 0.144 e. The Kier molecular flexibility index (Phi) is 3.40. The minimum atomic E-state index is -1.30. The van der Waals surface area contributed by atoms with Crippen molar-refractivity contribution in [1.82, 2.24) is 4.98 Å². The van der Waals surface area contributed by atoms with E-state index in [0.29, 0.717) is 0 Å². The number of nitrogens with one attached hydrogen (secondary N) is 1. The molecule has 0 aromatic heterocycles. The van der Waals surface area contributed by atoms with Gasteiger partial charge in [0.1, 0.15) is 8.24 Å². The second-order valence-electron chi connectivity index (χ2n) is 4.36. The van der Waals surface area contributed by atoms with Gasteiger partial charge in [0.05, 0.1) is 0 Å². The van der Waals surface area contributed by atoms with Crippen LogP contribution in [0.2, 0.25) is 24.7 Å². The number of rotatable bonds is 3. The van der Waals surface area contributed by atoms with Crippen LogP contribution in [-0.4, -0.2) is 8.24 Å². The van der Waals surface area contributed by atoms with E-state index in [2.05, 4.69) is 31.2 Å². The highest BCUT2D eigenvalue weighted by Crippen LogP contribution is 2.15. The highest BCUT2D eigenvalue weighted by atomic mass is 35.5. The van der Waals surface area contributed by atoms with Gasteiger partial charge in [-0.2, -0.15) is 0 Å². The van der Waals surface area contributed by atoms with Crippen molar-refractivity contribution in [2.45, 2.75) is 19.6 Å². The first kappa shape index (κ1) is 11.3. The van der Waals surface area contributed by atoms with Crippen molar-refractivity contribution < 1.29 is 0 Å². The average Bonchev–Trinajstić information content (AvgIpc) is 2.02. The summed E-state index contributed by atoms with van der Waals surface area (Å²) < 4.78 is 0. The first-order chi connectivity index (χ1) is 6.38. The van der Waals surface area contributed by atoms with E-state index >= 15 is 0 Å². The van der Waals surface area contributed by atoms with Crippen molar-refractivity contribution in [3.05, 3.63) is 41.4 Å². The normalized spacial score (nSPS) is 11.1. The van der Waals surface area contributed by atoms with Gasteiger partial charge in [-0.25, -0.2) is 0 Å². The lowest BCUT2D eigenvalue weighted by Gasteiger charge is -2.21. The van der Waals surface area contributed by atoms with Gasteiger partial charge >= 0.3 is 0 Å². The zero-order valence-electron chi connectivity index (χ0n) is 8.89. The Bertz CT molecular complexity index is 324. The summed E-state index contributed by atoms with van der Waals surface area (Å²) in [5.41, 5.74) is 2.10. The maximum absolute atomic E-state index is 5.81. The molecule has 1 aromatic carbocycles. The number of hydrogen-bond acceptors (Lipinski definition) is 1. The molecule has 0 saturated heterocycles. The van der Waals surface area contributed by atoms with Crippen molar-refractivity contribution in [3.8, 4) is 0 Å². The third kappa shape index (κ3) is 3.56. The lowest BCUT2D eigenvalue weighted by molar-refractivity contribution is 1.28. The lowest BCUT2D eigenvalue weighted by Crippen LogP contribution is -2.39. The fourth-order valence-electron chi connectivity index (χ4n) is 1.18. The number of benzene rings is 1. The molecule has 0 spiro atoms. The lowest BCUT2D eigenvalue weighted by atomic mass is 10.2. The molecule has 0 heterocycles. The predicted octanol–water partition coefficient (Wildman–Crippen LogP) is 3.74. The predicted molar refractivity (Wildman–Crippen MR) is 67.0 cm³/mol. The van der Waals surface area contributed by atoms with Crippen LogP contribution in [0.25, 0.3) is 5.70 Å².